The molecule has 1 aliphatic carbocycles. The molecule has 0 saturated heterocycles. The van der Waals surface area contributed by atoms with Crippen molar-refractivity contribution in [3.63, 3.8) is 0 Å². The highest BCUT2D eigenvalue weighted by atomic mass is 19.1. The molecule has 3 heterocycles. The number of carbonyl (C=O) groups excluding carboxylic acids is 1. The number of carbonyl (C=O) groups is 1. The molecule has 2 aromatic rings. The van der Waals surface area contributed by atoms with Crippen LogP contribution in [0.2, 0.25) is 0 Å². The van der Waals surface area contributed by atoms with E-state index in [0.29, 0.717) is 11.6 Å². The molecule has 0 bridgehead atoms. The van der Waals surface area contributed by atoms with Crippen LogP contribution in [0.3, 0.4) is 0 Å². The zero-order chi connectivity index (χ0) is 21.3. The number of esters is 1. The van der Waals surface area contributed by atoms with Crippen molar-refractivity contribution in [3.05, 3.63) is 52.2 Å². The second-order valence-corrected chi connectivity index (χ2v) is 7.14. The second kappa shape index (κ2) is 8.13. The number of nitrogens with zero attached hydrogens (tertiary/aromatic N) is 3. The van der Waals surface area contributed by atoms with E-state index >= 15 is 0 Å². The number of hydrogen-bond acceptors (Lipinski definition) is 8. The van der Waals surface area contributed by atoms with Gasteiger partial charge in [0.2, 0.25) is 0 Å². The van der Waals surface area contributed by atoms with Gasteiger partial charge in [-0.2, -0.15) is 0 Å². The number of pyridine rings is 1. The second-order valence-electron chi connectivity index (χ2n) is 7.14. The molecule has 0 unspecified atom stereocenters. The molecule has 9 nitrogen and oxygen atoms in total. The molecule has 158 valence electrons. The Kier molecular flexibility index (Phi) is 5.39. The summed E-state index contributed by atoms with van der Waals surface area (Å²) < 4.78 is 24.8. The molecule has 0 radical (unpaired) electrons. The van der Waals surface area contributed by atoms with Gasteiger partial charge in [0.25, 0.3) is 5.56 Å². The van der Waals surface area contributed by atoms with Crippen LogP contribution < -0.4 is 20.9 Å². The topological polar surface area (TPSA) is 123 Å². The Labute approximate surface area is 171 Å². The monoisotopic (exact) mass is 415 g/mol. The third kappa shape index (κ3) is 3.60. The molecule has 1 saturated carbocycles. The van der Waals surface area contributed by atoms with Crippen molar-refractivity contribution >= 4 is 17.4 Å². The van der Waals surface area contributed by atoms with Crippen LogP contribution in [-0.2, 0) is 16.1 Å². The summed E-state index contributed by atoms with van der Waals surface area (Å²) in [7, 11) is 0. The lowest BCUT2D eigenvalue weighted by Gasteiger charge is -2.39. The van der Waals surface area contributed by atoms with E-state index in [0.717, 1.165) is 31.7 Å². The summed E-state index contributed by atoms with van der Waals surface area (Å²) >= 11 is 0. The van der Waals surface area contributed by atoms with Gasteiger partial charge in [0.1, 0.15) is 17.5 Å². The highest BCUT2D eigenvalue weighted by Crippen LogP contribution is 2.41. The summed E-state index contributed by atoms with van der Waals surface area (Å²) in [5, 5.41) is 0. The predicted octanol–water partition coefficient (Wildman–Crippen LogP) is 1.49. The standard InChI is InChI=1S/C20H22FN5O4/c1-2-29-20(28)13(7-22)17-23-9-16-18(25-17)26(14-4-3-5-15(14)30-16)10-11-6-12(21)8-24-19(11)27/h6-9,14-15H,2-5,10,22H2,1H3,(H,24,27)/b13-7+/t14-,15+/m1/s1. The molecular formula is C20H22FN5O4. The van der Waals surface area contributed by atoms with E-state index in [4.69, 9.17) is 15.2 Å². The van der Waals surface area contributed by atoms with E-state index in [2.05, 4.69) is 15.0 Å². The maximum absolute atomic E-state index is 13.7. The van der Waals surface area contributed by atoms with Gasteiger partial charge in [-0.05, 0) is 32.3 Å². The van der Waals surface area contributed by atoms with Crippen molar-refractivity contribution in [2.75, 3.05) is 11.5 Å². The van der Waals surface area contributed by atoms with Crippen molar-refractivity contribution in [1.29, 1.82) is 0 Å². The largest absolute Gasteiger partial charge is 0.483 e. The van der Waals surface area contributed by atoms with Gasteiger partial charge in [-0.1, -0.05) is 0 Å². The van der Waals surface area contributed by atoms with Gasteiger partial charge in [0.15, 0.2) is 17.4 Å². The van der Waals surface area contributed by atoms with Crippen LogP contribution in [-0.4, -0.2) is 39.7 Å². The Balaban J connectivity index is 1.76. The lowest BCUT2D eigenvalue weighted by atomic mass is 10.1. The Morgan fingerprint density at radius 3 is 3.10 bits per heavy atom. The number of fused-ring (bicyclic) bond motifs is 2. The summed E-state index contributed by atoms with van der Waals surface area (Å²) in [6.45, 7) is 2.01. The fourth-order valence-electron chi connectivity index (χ4n) is 3.94. The first-order valence-electron chi connectivity index (χ1n) is 9.78. The molecular weight excluding hydrogens is 393 g/mol. The third-order valence-electron chi connectivity index (χ3n) is 5.29. The van der Waals surface area contributed by atoms with Crippen molar-refractivity contribution in [2.45, 2.75) is 44.9 Å². The number of rotatable bonds is 5. The number of aromatic amines is 1. The maximum atomic E-state index is 13.7. The summed E-state index contributed by atoms with van der Waals surface area (Å²) in [4.78, 5) is 37.5. The molecule has 1 fully saturated rings. The van der Waals surface area contributed by atoms with Crippen molar-refractivity contribution < 1.29 is 18.7 Å². The van der Waals surface area contributed by atoms with Crippen LogP contribution in [0.4, 0.5) is 10.2 Å². The van der Waals surface area contributed by atoms with Crippen LogP contribution in [0.15, 0.2) is 29.5 Å². The molecule has 1 aliphatic heterocycles. The van der Waals surface area contributed by atoms with E-state index in [-0.39, 0.29) is 47.8 Å². The Morgan fingerprint density at radius 1 is 1.50 bits per heavy atom. The molecule has 10 heteroatoms. The van der Waals surface area contributed by atoms with Crippen LogP contribution in [0.5, 0.6) is 5.75 Å². The minimum Gasteiger partial charge on any atom is -0.483 e. The molecule has 30 heavy (non-hydrogen) atoms. The number of hydrogen-bond donors (Lipinski definition) is 2. The van der Waals surface area contributed by atoms with E-state index in [1.807, 2.05) is 4.90 Å². The number of nitrogens with two attached hydrogens (primary N) is 1. The van der Waals surface area contributed by atoms with Crippen molar-refractivity contribution in [2.24, 2.45) is 5.73 Å². The zero-order valence-electron chi connectivity index (χ0n) is 16.4. The maximum Gasteiger partial charge on any atom is 0.343 e. The Morgan fingerprint density at radius 2 is 2.33 bits per heavy atom. The molecule has 0 spiro atoms. The highest BCUT2D eigenvalue weighted by Gasteiger charge is 2.41. The van der Waals surface area contributed by atoms with Gasteiger partial charge >= 0.3 is 5.97 Å². The summed E-state index contributed by atoms with van der Waals surface area (Å²) in [6, 6.07) is 1.18. The number of halogens is 1. The van der Waals surface area contributed by atoms with Crippen molar-refractivity contribution in [1.82, 2.24) is 15.0 Å². The fourth-order valence-corrected chi connectivity index (χ4v) is 3.94. The molecule has 2 aliphatic rings. The van der Waals surface area contributed by atoms with Gasteiger partial charge in [0, 0.05) is 18.0 Å². The number of anilines is 1. The minimum absolute atomic E-state index is 0.0248. The summed E-state index contributed by atoms with van der Waals surface area (Å²) in [5.41, 5.74) is 5.54. The molecule has 2 atom stereocenters. The Bertz CT molecular complexity index is 1050. The van der Waals surface area contributed by atoms with Gasteiger partial charge in [-0.15, -0.1) is 0 Å². The van der Waals surface area contributed by atoms with E-state index < -0.39 is 11.8 Å². The summed E-state index contributed by atoms with van der Waals surface area (Å²) in [6.07, 6.45) is 6.19. The molecule has 0 amide bonds. The smallest absolute Gasteiger partial charge is 0.343 e. The first-order chi connectivity index (χ1) is 14.5. The quantitative estimate of drug-likeness (QED) is 0.556. The lowest BCUT2D eigenvalue weighted by Crippen LogP contribution is -2.47. The highest BCUT2D eigenvalue weighted by molar-refractivity contribution is 6.15. The average molecular weight is 415 g/mol. The van der Waals surface area contributed by atoms with E-state index in [1.54, 1.807) is 6.92 Å². The van der Waals surface area contributed by atoms with E-state index in [1.165, 1.54) is 12.3 Å². The normalized spacial score (nSPS) is 20.3. The third-order valence-corrected chi connectivity index (χ3v) is 5.29. The minimum atomic E-state index is -0.636. The van der Waals surface area contributed by atoms with Gasteiger partial charge in [-0.25, -0.2) is 19.2 Å². The lowest BCUT2D eigenvalue weighted by molar-refractivity contribution is -0.136. The SMILES string of the molecule is CCOC(=O)/C(=C/N)c1ncc2c(n1)N(Cc1cc(F)c[nH]c1=O)[C@@H]1CCC[C@@H]1O2. The van der Waals surface area contributed by atoms with Gasteiger partial charge < -0.3 is 25.1 Å². The van der Waals surface area contributed by atoms with Crippen LogP contribution in [0.25, 0.3) is 5.57 Å². The molecule has 4 rings (SSSR count). The fraction of sp³-hybridized carbons (Fsp3) is 0.400. The van der Waals surface area contributed by atoms with Gasteiger partial charge in [-0.3, -0.25) is 4.79 Å². The predicted molar refractivity (Wildman–Crippen MR) is 106 cm³/mol. The average Bonchev–Trinajstić information content (AvgIpc) is 3.20. The van der Waals surface area contributed by atoms with Crippen LogP contribution in [0, 0.1) is 5.82 Å². The molecule has 2 aromatic heterocycles. The first kappa shape index (κ1) is 19.9. The Hall–Kier alpha value is -3.43. The van der Waals surface area contributed by atoms with Gasteiger partial charge in [0.05, 0.1) is 25.4 Å². The van der Waals surface area contributed by atoms with Crippen molar-refractivity contribution in [3.8, 4) is 5.75 Å². The van der Waals surface area contributed by atoms with Crippen LogP contribution >= 0.6 is 0 Å². The zero-order valence-corrected chi connectivity index (χ0v) is 16.4. The molecule has 0 aromatic carbocycles. The first-order valence-corrected chi connectivity index (χ1v) is 9.78. The number of H-pyrrole nitrogens is 1. The van der Waals surface area contributed by atoms with Crippen LogP contribution in [0.1, 0.15) is 37.6 Å². The molecule has 3 N–H and O–H groups in total. The summed E-state index contributed by atoms with van der Waals surface area (Å²) in [5.74, 6) is -0.207. The number of aromatic nitrogens is 3. The van der Waals surface area contributed by atoms with E-state index in [9.17, 15) is 14.0 Å². The number of nitrogens with one attached hydrogen (secondary N) is 1. The number of ether oxygens (including phenoxy) is 2.